The van der Waals surface area contributed by atoms with Gasteiger partial charge in [-0.05, 0) is 56.9 Å². The minimum absolute atomic E-state index is 0.275. The van der Waals surface area contributed by atoms with E-state index in [9.17, 15) is 4.79 Å². The van der Waals surface area contributed by atoms with Crippen LogP contribution in [0.25, 0.3) is 0 Å². The van der Waals surface area contributed by atoms with E-state index in [2.05, 4.69) is 18.7 Å². The number of hydrogen-bond donors (Lipinski definition) is 1. The zero-order chi connectivity index (χ0) is 14.5. The number of hydrogen-bond acceptors (Lipinski definition) is 2. The van der Waals surface area contributed by atoms with Gasteiger partial charge in [-0.3, -0.25) is 4.79 Å². The summed E-state index contributed by atoms with van der Waals surface area (Å²) in [4.78, 5) is 15.2. The summed E-state index contributed by atoms with van der Waals surface area (Å²) in [5.74, 6) is 1.95. The highest BCUT2D eigenvalue weighted by molar-refractivity contribution is 5.79. The lowest BCUT2D eigenvalue weighted by molar-refractivity contribution is -0.139. The van der Waals surface area contributed by atoms with Crippen LogP contribution in [0, 0.1) is 17.8 Å². The van der Waals surface area contributed by atoms with Crippen LogP contribution in [0.4, 0.5) is 0 Å². The van der Waals surface area contributed by atoms with Gasteiger partial charge >= 0.3 is 0 Å². The van der Waals surface area contributed by atoms with Crippen LogP contribution in [0.2, 0.25) is 0 Å². The molecule has 0 aromatic rings. The van der Waals surface area contributed by atoms with Crippen molar-refractivity contribution in [1.29, 1.82) is 0 Å². The molecular formula is C17H32N2O. The summed E-state index contributed by atoms with van der Waals surface area (Å²) in [5, 5.41) is 0. The van der Waals surface area contributed by atoms with Crippen molar-refractivity contribution in [3.63, 3.8) is 0 Å². The topological polar surface area (TPSA) is 46.3 Å². The number of nitrogens with zero attached hydrogens (tertiary/aromatic N) is 1. The third-order valence-corrected chi connectivity index (χ3v) is 5.14. The second-order valence-corrected chi connectivity index (χ2v) is 7.28. The van der Waals surface area contributed by atoms with Crippen molar-refractivity contribution in [2.75, 3.05) is 13.1 Å². The number of carbonyl (C=O) groups is 1. The second-order valence-electron chi connectivity index (χ2n) is 7.28. The molecule has 0 unspecified atom stereocenters. The van der Waals surface area contributed by atoms with Gasteiger partial charge in [0.15, 0.2) is 0 Å². The molecule has 1 amide bonds. The Bertz CT molecular complexity index is 302. The smallest absolute Gasteiger partial charge is 0.225 e. The van der Waals surface area contributed by atoms with Crippen LogP contribution in [0.1, 0.15) is 65.2 Å². The number of amides is 1. The zero-order valence-electron chi connectivity index (χ0n) is 13.3. The van der Waals surface area contributed by atoms with E-state index in [4.69, 9.17) is 5.73 Å². The van der Waals surface area contributed by atoms with Crippen LogP contribution >= 0.6 is 0 Å². The maximum atomic E-state index is 12.9. The quantitative estimate of drug-likeness (QED) is 0.840. The number of carbonyl (C=O) groups excluding carboxylic acids is 1. The lowest BCUT2D eigenvalue weighted by Gasteiger charge is -2.36. The van der Waals surface area contributed by atoms with Crippen molar-refractivity contribution in [2.45, 2.75) is 71.3 Å². The fourth-order valence-corrected chi connectivity index (χ4v) is 3.91. The summed E-state index contributed by atoms with van der Waals surface area (Å²) in [5.41, 5.74) is 5.75. The van der Waals surface area contributed by atoms with E-state index in [0.717, 1.165) is 38.8 Å². The van der Waals surface area contributed by atoms with Crippen molar-refractivity contribution in [2.24, 2.45) is 23.5 Å². The second kappa shape index (κ2) is 7.44. The summed E-state index contributed by atoms with van der Waals surface area (Å²) < 4.78 is 0. The van der Waals surface area contributed by atoms with Crippen molar-refractivity contribution >= 4 is 5.91 Å². The monoisotopic (exact) mass is 280 g/mol. The molecule has 0 aromatic heterocycles. The molecule has 20 heavy (non-hydrogen) atoms. The molecule has 0 heterocycles. The molecule has 0 aromatic carbocycles. The van der Waals surface area contributed by atoms with Gasteiger partial charge < -0.3 is 10.6 Å². The Hall–Kier alpha value is -0.570. The largest absolute Gasteiger partial charge is 0.339 e. The van der Waals surface area contributed by atoms with Crippen LogP contribution in [-0.2, 0) is 4.79 Å². The minimum Gasteiger partial charge on any atom is -0.339 e. The summed E-state index contributed by atoms with van der Waals surface area (Å²) >= 11 is 0. The van der Waals surface area contributed by atoms with Crippen LogP contribution in [-0.4, -0.2) is 29.9 Å². The molecular weight excluding hydrogens is 248 g/mol. The van der Waals surface area contributed by atoms with Crippen molar-refractivity contribution in [3.8, 4) is 0 Å². The molecule has 3 nitrogen and oxygen atoms in total. The van der Waals surface area contributed by atoms with E-state index < -0.39 is 0 Å². The normalized spacial score (nSPS) is 28.0. The van der Waals surface area contributed by atoms with Crippen molar-refractivity contribution < 1.29 is 4.79 Å². The lowest BCUT2D eigenvalue weighted by atomic mass is 9.81. The summed E-state index contributed by atoms with van der Waals surface area (Å²) in [6.07, 6.45) is 9.44. The van der Waals surface area contributed by atoms with Crippen LogP contribution in [0.5, 0.6) is 0 Å². The average Bonchev–Trinajstić information content (AvgIpc) is 2.98. The van der Waals surface area contributed by atoms with E-state index >= 15 is 0 Å². The molecule has 0 radical (unpaired) electrons. The highest BCUT2D eigenvalue weighted by Gasteiger charge is 2.33. The molecule has 0 spiro atoms. The van der Waals surface area contributed by atoms with Gasteiger partial charge in [-0.2, -0.15) is 0 Å². The fourth-order valence-electron chi connectivity index (χ4n) is 3.91. The Morgan fingerprint density at radius 2 is 1.70 bits per heavy atom. The average molecular weight is 280 g/mol. The molecule has 0 atom stereocenters. The first kappa shape index (κ1) is 15.8. The van der Waals surface area contributed by atoms with Gasteiger partial charge in [0.25, 0.3) is 0 Å². The number of rotatable bonds is 5. The molecule has 2 N–H and O–H groups in total. The highest BCUT2D eigenvalue weighted by atomic mass is 16.2. The standard InChI is InChI=1S/C17H32N2O/c1-13(2)12-19(16-5-3-4-6-16)17(20)15-9-7-14(11-18)8-10-15/h13-16H,3-12,18H2,1-2H3. The summed E-state index contributed by atoms with van der Waals surface area (Å²) in [6, 6.07) is 0.525. The SMILES string of the molecule is CC(C)CN(C(=O)C1CCC(CN)CC1)C1CCCC1. The maximum absolute atomic E-state index is 12.9. The molecule has 0 bridgehead atoms. The first-order chi connectivity index (χ1) is 9.61. The van der Waals surface area contributed by atoms with Crippen molar-refractivity contribution in [3.05, 3.63) is 0 Å². The summed E-state index contributed by atoms with van der Waals surface area (Å²) in [6.45, 7) is 6.18. The van der Waals surface area contributed by atoms with E-state index in [1.807, 2.05) is 0 Å². The predicted octanol–water partition coefficient (Wildman–Crippen LogP) is 3.18. The van der Waals surface area contributed by atoms with Crippen LogP contribution in [0.15, 0.2) is 0 Å². The Morgan fingerprint density at radius 3 is 2.20 bits per heavy atom. The van der Waals surface area contributed by atoms with Crippen LogP contribution in [0.3, 0.4) is 0 Å². The zero-order valence-corrected chi connectivity index (χ0v) is 13.3. The third kappa shape index (κ3) is 3.97. The first-order valence-corrected chi connectivity index (χ1v) is 8.62. The van der Waals surface area contributed by atoms with E-state index in [1.165, 1.54) is 25.7 Å². The van der Waals surface area contributed by atoms with E-state index in [1.54, 1.807) is 0 Å². The molecule has 2 rings (SSSR count). The Labute approximate surface area is 124 Å². The fraction of sp³-hybridized carbons (Fsp3) is 0.941. The summed E-state index contributed by atoms with van der Waals surface area (Å²) in [7, 11) is 0. The van der Waals surface area contributed by atoms with Crippen molar-refractivity contribution in [1.82, 2.24) is 4.90 Å². The first-order valence-electron chi connectivity index (χ1n) is 8.62. The van der Waals surface area contributed by atoms with Gasteiger partial charge in [0, 0.05) is 18.5 Å². The third-order valence-electron chi connectivity index (χ3n) is 5.14. The van der Waals surface area contributed by atoms with Gasteiger partial charge in [0.05, 0.1) is 0 Å². The Morgan fingerprint density at radius 1 is 1.10 bits per heavy atom. The predicted molar refractivity (Wildman–Crippen MR) is 83.3 cm³/mol. The minimum atomic E-state index is 0.275. The highest BCUT2D eigenvalue weighted by Crippen LogP contribution is 2.32. The number of nitrogens with two attached hydrogens (primary N) is 1. The van der Waals surface area contributed by atoms with Gasteiger partial charge in [0.1, 0.15) is 0 Å². The van der Waals surface area contributed by atoms with Crippen LogP contribution < -0.4 is 5.73 Å². The van der Waals surface area contributed by atoms with E-state index in [0.29, 0.717) is 23.8 Å². The molecule has 2 aliphatic carbocycles. The molecule has 116 valence electrons. The van der Waals surface area contributed by atoms with Gasteiger partial charge in [-0.25, -0.2) is 0 Å². The van der Waals surface area contributed by atoms with Gasteiger partial charge in [0.2, 0.25) is 5.91 Å². The van der Waals surface area contributed by atoms with Gasteiger partial charge in [-0.1, -0.05) is 26.7 Å². The van der Waals surface area contributed by atoms with Gasteiger partial charge in [-0.15, -0.1) is 0 Å². The lowest BCUT2D eigenvalue weighted by Crippen LogP contribution is -2.45. The molecule has 2 saturated carbocycles. The van der Waals surface area contributed by atoms with E-state index in [-0.39, 0.29) is 5.92 Å². The molecule has 2 fully saturated rings. The Kier molecular flexibility index (Phi) is 5.88. The molecule has 3 heteroatoms. The molecule has 0 saturated heterocycles. The Balaban J connectivity index is 1.95. The molecule has 0 aliphatic heterocycles. The maximum Gasteiger partial charge on any atom is 0.225 e. The molecule has 2 aliphatic rings.